The van der Waals surface area contributed by atoms with Crippen LogP contribution in [0.5, 0.6) is 5.75 Å². The number of sulfonamides is 1. The van der Waals surface area contributed by atoms with E-state index in [4.69, 9.17) is 4.74 Å². The van der Waals surface area contributed by atoms with Crippen molar-refractivity contribution in [3.63, 3.8) is 0 Å². The highest BCUT2D eigenvalue weighted by Gasteiger charge is 2.24. The van der Waals surface area contributed by atoms with Crippen molar-refractivity contribution < 1.29 is 22.3 Å². The maximum Gasteiger partial charge on any atom is 0.240 e. The molecule has 0 saturated carbocycles. The van der Waals surface area contributed by atoms with Crippen LogP contribution in [0.25, 0.3) is 0 Å². The van der Waals surface area contributed by atoms with Crippen LogP contribution < -0.4 is 14.4 Å². The summed E-state index contributed by atoms with van der Waals surface area (Å²) in [6, 6.07) is 10.2. The molecule has 1 amide bonds. The van der Waals surface area contributed by atoms with Crippen LogP contribution in [0.1, 0.15) is 12.5 Å². The molecule has 0 aromatic heterocycles. The number of amides is 1. The zero-order valence-corrected chi connectivity index (χ0v) is 14.3. The van der Waals surface area contributed by atoms with Gasteiger partial charge < -0.3 is 9.64 Å². The van der Waals surface area contributed by atoms with Gasteiger partial charge in [-0.3, -0.25) is 4.79 Å². The minimum absolute atomic E-state index is 0.0145. The Morgan fingerprint density at radius 3 is 2.76 bits per heavy atom. The molecule has 132 valence electrons. The zero-order chi connectivity index (χ0) is 18.0. The summed E-state index contributed by atoms with van der Waals surface area (Å²) < 4.78 is 46.5. The van der Waals surface area contributed by atoms with E-state index in [1.807, 2.05) is 0 Å². The quantitative estimate of drug-likeness (QED) is 0.901. The number of fused-ring (bicyclic) bond motifs is 1. The lowest BCUT2D eigenvalue weighted by Crippen LogP contribution is -2.36. The molecule has 0 atom stereocenters. The predicted molar refractivity (Wildman–Crippen MR) is 90.4 cm³/mol. The van der Waals surface area contributed by atoms with Crippen molar-refractivity contribution in [2.24, 2.45) is 0 Å². The van der Waals surface area contributed by atoms with E-state index in [-0.39, 0.29) is 22.9 Å². The summed E-state index contributed by atoms with van der Waals surface area (Å²) in [7, 11) is -3.87. The first kappa shape index (κ1) is 17.4. The van der Waals surface area contributed by atoms with E-state index in [0.717, 1.165) is 0 Å². The van der Waals surface area contributed by atoms with Gasteiger partial charge in [0.25, 0.3) is 0 Å². The highest BCUT2D eigenvalue weighted by atomic mass is 32.2. The molecule has 0 unspecified atom stereocenters. The van der Waals surface area contributed by atoms with Gasteiger partial charge in [-0.25, -0.2) is 17.5 Å². The van der Waals surface area contributed by atoms with Crippen LogP contribution in [-0.4, -0.2) is 27.5 Å². The first-order valence-electron chi connectivity index (χ1n) is 7.66. The molecule has 1 N–H and O–H groups in total. The van der Waals surface area contributed by atoms with Gasteiger partial charge in [-0.15, -0.1) is 0 Å². The third-order valence-electron chi connectivity index (χ3n) is 3.89. The highest BCUT2D eigenvalue weighted by molar-refractivity contribution is 7.89. The molecule has 3 rings (SSSR count). The second kappa shape index (κ2) is 6.81. The first-order valence-corrected chi connectivity index (χ1v) is 9.15. The molecule has 1 heterocycles. The molecule has 2 aromatic carbocycles. The predicted octanol–water partition coefficient (Wildman–Crippen LogP) is 2.05. The van der Waals surface area contributed by atoms with Gasteiger partial charge >= 0.3 is 0 Å². The summed E-state index contributed by atoms with van der Waals surface area (Å²) in [6.45, 7) is 1.95. The van der Waals surface area contributed by atoms with Crippen LogP contribution in [0.15, 0.2) is 47.4 Å². The summed E-state index contributed by atoms with van der Waals surface area (Å²) >= 11 is 0. The number of carbonyl (C=O) groups excluding carboxylic acids is 1. The molecule has 0 spiro atoms. The first-order chi connectivity index (χ1) is 11.9. The van der Waals surface area contributed by atoms with E-state index in [2.05, 4.69) is 4.72 Å². The van der Waals surface area contributed by atoms with Crippen molar-refractivity contribution in [3.8, 4) is 5.75 Å². The van der Waals surface area contributed by atoms with Crippen molar-refractivity contribution in [1.29, 1.82) is 0 Å². The molecule has 0 radical (unpaired) electrons. The summed E-state index contributed by atoms with van der Waals surface area (Å²) in [5.41, 5.74) is 0.658. The van der Waals surface area contributed by atoms with Gasteiger partial charge in [0, 0.05) is 19.0 Å². The van der Waals surface area contributed by atoms with Crippen molar-refractivity contribution in [1.82, 2.24) is 4.72 Å². The van der Waals surface area contributed by atoms with Crippen LogP contribution in [0.2, 0.25) is 0 Å². The normalized spacial score (nSPS) is 13.9. The Morgan fingerprint density at radius 2 is 2.04 bits per heavy atom. The minimum atomic E-state index is -3.87. The van der Waals surface area contributed by atoms with Crippen molar-refractivity contribution in [2.75, 3.05) is 18.1 Å². The lowest BCUT2D eigenvalue weighted by atomic mass is 10.2. The number of carbonyl (C=O) groups is 1. The number of hydrogen-bond acceptors (Lipinski definition) is 4. The average Bonchev–Trinajstić information content (AvgIpc) is 2.60. The van der Waals surface area contributed by atoms with Crippen molar-refractivity contribution in [2.45, 2.75) is 18.4 Å². The Labute approximate surface area is 145 Å². The molecule has 1 aliphatic rings. The summed E-state index contributed by atoms with van der Waals surface area (Å²) in [6.07, 6.45) is 0. The van der Waals surface area contributed by atoms with Crippen LogP contribution >= 0.6 is 0 Å². The Bertz CT molecular complexity index is 915. The molecule has 8 heteroatoms. The Morgan fingerprint density at radius 1 is 1.28 bits per heavy atom. The van der Waals surface area contributed by atoms with Crippen LogP contribution in [0.3, 0.4) is 0 Å². The fourth-order valence-electron chi connectivity index (χ4n) is 2.59. The Kier molecular flexibility index (Phi) is 4.73. The SMILES string of the molecule is CC(=O)N1CCOc2ccc(S(=O)(=O)NCc3ccccc3F)cc21. The second-order valence-corrected chi connectivity index (χ2v) is 7.33. The third-order valence-corrected chi connectivity index (χ3v) is 5.29. The van der Waals surface area contributed by atoms with Gasteiger partial charge in [-0.2, -0.15) is 0 Å². The van der Waals surface area contributed by atoms with Crippen LogP contribution in [-0.2, 0) is 21.4 Å². The number of ether oxygens (including phenoxy) is 1. The second-order valence-electron chi connectivity index (χ2n) is 5.56. The largest absolute Gasteiger partial charge is 0.490 e. The number of benzene rings is 2. The maximum atomic E-state index is 13.6. The van der Waals surface area contributed by atoms with Gasteiger partial charge in [0.2, 0.25) is 15.9 Å². The number of halogens is 1. The number of hydrogen-bond donors (Lipinski definition) is 1. The zero-order valence-electron chi connectivity index (χ0n) is 13.5. The Balaban J connectivity index is 1.87. The van der Waals surface area contributed by atoms with E-state index in [1.54, 1.807) is 6.07 Å². The Hall–Kier alpha value is -2.45. The molecule has 0 saturated heterocycles. The van der Waals surface area contributed by atoms with E-state index in [1.165, 1.54) is 48.2 Å². The van der Waals surface area contributed by atoms with E-state index >= 15 is 0 Å². The van der Waals surface area contributed by atoms with E-state index in [9.17, 15) is 17.6 Å². The lowest BCUT2D eigenvalue weighted by Gasteiger charge is -2.29. The van der Waals surface area contributed by atoms with Crippen LogP contribution in [0.4, 0.5) is 10.1 Å². The molecule has 2 aromatic rings. The standard InChI is InChI=1S/C17H17FN2O4S/c1-12(21)20-8-9-24-17-7-6-14(10-16(17)20)25(22,23)19-11-13-4-2-3-5-15(13)18/h2-7,10,19H,8-9,11H2,1H3. The van der Waals surface area contributed by atoms with Crippen molar-refractivity contribution in [3.05, 3.63) is 53.8 Å². The molecule has 6 nitrogen and oxygen atoms in total. The molecule has 0 bridgehead atoms. The summed E-state index contributed by atoms with van der Waals surface area (Å²) in [4.78, 5) is 13.2. The molecule has 1 aliphatic heterocycles. The van der Waals surface area contributed by atoms with Gasteiger partial charge in [0.05, 0.1) is 17.1 Å². The number of nitrogens with zero attached hydrogens (tertiary/aromatic N) is 1. The fraction of sp³-hybridized carbons (Fsp3) is 0.235. The molecule has 25 heavy (non-hydrogen) atoms. The number of nitrogens with one attached hydrogen (secondary N) is 1. The van der Waals surface area contributed by atoms with Gasteiger partial charge in [0.15, 0.2) is 0 Å². The topological polar surface area (TPSA) is 75.7 Å². The summed E-state index contributed by atoms with van der Waals surface area (Å²) in [5.74, 6) is -0.222. The number of anilines is 1. The summed E-state index contributed by atoms with van der Waals surface area (Å²) in [5, 5.41) is 0. The lowest BCUT2D eigenvalue weighted by molar-refractivity contribution is -0.116. The smallest absolute Gasteiger partial charge is 0.240 e. The van der Waals surface area contributed by atoms with Crippen LogP contribution in [0, 0.1) is 5.82 Å². The minimum Gasteiger partial charge on any atom is -0.490 e. The monoisotopic (exact) mass is 364 g/mol. The maximum absolute atomic E-state index is 13.6. The van der Waals surface area contributed by atoms with Gasteiger partial charge in [0.1, 0.15) is 18.2 Å². The molecule has 0 fully saturated rings. The van der Waals surface area contributed by atoms with Crippen molar-refractivity contribution >= 4 is 21.6 Å². The number of rotatable bonds is 4. The van der Waals surface area contributed by atoms with E-state index < -0.39 is 15.8 Å². The highest BCUT2D eigenvalue weighted by Crippen LogP contribution is 2.33. The van der Waals surface area contributed by atoms with Gasteiger partial charge in [-0.1, -0.05) is 18.2 Å². The molecular formula is C17H17FN2O4S. The van der Waals surface area contributed by atoms with Gasteiger partial charge in [-0.05, 0) is 24.3 Å². The third kappa shape index (κ3) is 3.64. The molecule has 0 aliphatic carbocycles. The average molecular weight is 364 g/mol. The fourth-order valence-corrected chi connectivity index (χ4v) is 3.62. The van der Waals surface area contributed by atoms with E-state index in [0.29, 0.717) is 24.6 Å². The molecular weight excluding hydrogens is 347 g/mol.